The Labute approximate surface area is 159 Å². The number of allylic oxidation sites excluding steroid dienone is 2. The first kappa shape index (κ1) is 16.6. The van der Waals surface area contributed by atoms with E-state index in [1.807, 2.05) is 12.2 Å². The van der Waals surface area contributed by atoms with Gasteiger partial charge in [0.05, 0.1) is 28.5 Å². The zero-order valence-electron chi connectivity index (χ0n) is 14.6. The summed E-state index contributed by atoms with van der Waals surface area (Å²) in [6.45, 7) is 0. The average molecular weight is 377 g/mol. The number of furan rings is 1. The van der Waals surface area contributed by atoms with Crippen LogP contribution in [0.5, 0.6) is 0 Å². The first-order valence-corrected chi connectivity index (χ1v) is 8.98. The van der Waals surface area contributed by atoms with Gasteiger partial charge in [-0.25, -0.2) is 0 Å². The van der Waals surface area contributed by atoms with Crippen LogP contribution in [0.2, 0.25) is 0 Å². The lowest BCUT2D eigenvalue weighted by Crippen LogP contribution is -2.28. The number of rotatable bonds is 4. The Morgan fingerprint density at radius 2 is 1.75 bits per heavy atom. The fraction of sp³-hybridized carbons (Fsp3) is 0.250. The van der Waals surface area contributed by atoms with Gasteiger partial charge in [0.1, 0.15) is 11.5 Å². The molecule has 0 N–H and O–H groups in total. The lowest BCUT2D eigenvalue weighted by atomic mass is 9.85. The van der Waals surface area contributed by atoms with Crippen molar-refractivity contribution in [2.24, 2.45) is 28.8 Å². The standard InChI is InChI=1S/C20H15N3O5/c24-19-17-11-5-6-12(9-11)18(17)20(25)22(19)21-10-13-7-8-16(28-13)14-3-1-2-4-15(14)23(26)27/h1-8,10-12,17-18H,9H2/b21-10-. The van der Waals surface area contributed by atoms with E-state index in [1.54, 1.807) is 30.3 Å². The lowest BCUT2D eigenvalue weighted by molar-refractivity contribution is -0.384. The highest BCUT2D eigenvalue weighted by atomic mass is 16.6. The molecule has 0 spiro atoms. The van der Waals surface area contributed by atoms with Crippen LogP contribution in [-0.4, -0.2) is 28.0 Å². The highest BCUT2D eigenvalue weighted by Gasteiger charge is 2.59. The van der Waals surface area contributed by atoms with Crippen LogP contribution in [0.1, 0.15) is 12.2 Å². The minimum atomic E-state index is -0.478. The molecule has 2 heterocycles. The van der Waals surface area contributed by atoms with Crippen LogP contribution in [0.25, 0.3) is 11.3 Å². The number of benzene rings is 1. The number of nitro groups is 1. The van der Waals surface area contributed by atoms with E-state index in [0.717, 1.165) is 11.4 Å². The number of carbonyl (C=O) groups excluding carboxylic acids is 2. The maximum absolute atomic E-state index is 12.6. The van der Waals surface area contributed by atoms with Crippen molar-refractivity contribution in [3.05, 3.63) is 64.4 Å². The third-order valence-electron chi connectivity index (χ3n) is 5.74. The molecule has 2 fully saturated rings. The van der Waals surface area contributed by atoms with Crippen molar-refractivity contribution < 1.29 is 18.9 Å². The molecule has 3 aliphatic rings. The van der Waals surface area contributed by atoms with E-state index in [0.29, 0.717) is 17.1 Å². The average Bonchev–Trinajstić information content (AvgIpc) is 3.46. The van der Waals surface area contributed by atoms with Crippen LogP contribution >= 0.6 is 0 Å². The highest BCUT2D eigenvalue weighted by molar-refractivity contribution is 6.06. The fourth-order valence-corrected chi connectivity index (χ4v) is 4.52. The molecular weight excluding hydrogens is 362 g/mol. The number of amides is 2. The summed E-state index contributed by atoms with van der Waals surface area (Å²) in [7, 11) is 0. The molecule has 2 bridgehead atoms. The Kier molecular flexibility index (Phi) is 3.55. The van der Waals surface area contributed by atoms with Crippen LogP contribution in [0.4, 0.5) is 5.69 Å². The molecule has 4 unspecified atom stereocenters. The summed E-state index contributed by atoms with van der Waals surface area (Å²) in [5.41, 5.74) is 0.277. The normalized spacial score (nSPS) is 27.9. The molecule has 2 aromatic rings. The highest BCUT2D eigenvalue weighted by Crippen LogP contribution is 2.52. The Morgan fingerprint density at radius 1 is 1.07 bits per heavy atom. The number of imide groups is 1. The van der Waals surface area contributed by atoms with Crippen LogP contribution in [0.3, 0.4) is 0 Å². The molecule has 1 aliphatic heterocycles. The van der Waals surface area contributed by atoms with E-state index in [2.05, 4.69) is 5.10 Å². The van der Waals surface area contributed by atoms with E-state index in [9.17, 15) is 19.7 Å². The predicted molar refractivity (Wildman–Crippen MR) is 98.0 cm³/mol. The van der Waals surface area contributed by atoms with Gasteiger partial charge in [0.25, 0.3) is 17.5 Å². The van der Waals surface area contributed by atoms with E-state index in [1.165, 1.54) is 12.3 Å². The first-order chi connectivity index (χ1) is 13.5. The summed E-state index contributed by atoms with van der Waals surface area (Å²) in [6, 6.07) is 9.43. The van der Waals surface area contributed by atoms with Gasteiger partial charge in [0, 0.05) is 6.07 Å². The summed E-state index contributed by atoms with van der Waals surface area (Å²) < 4.78 is 5.62. The monoisotopic (exact) mass is 377 g/mol. The van der Waals surface area contributed by atoms with E-state index in [-0.39, 0.29) is 41.2 Å². The number of carbonyl (C=O) groups is 2. The number of fused-ring (bicyclic) bond motifs is 5. The third-order valence-corrected chi connectivity index (χ3v) is 5.74. The largest absolute Gasteiger partial charge is 0.455 e. The van der Waals surface area contributed by atoms with Gasteiger partial charge in [-0.2, -0.15) is 10.1 Å². The van der Waals surface area contributed by atoms with Gasteiger partial charge >= 0.3 is 0 Å². The van der Waals surface area contributed by atoms with Gasteiger partial charge in [0.15, 0.2) is 0 Å². The van der Waals surface area contributed by atoms with Gasteiger partial charge in [-0.1, -0.05) is 24.3 Å². The Balaban J connectivity index is 1.39. The number of hydrogen-bond donors (Lipinski definition) is 0. The van der Waals surface area contributed by atoms with Crippen molar-refractivity contribution in [3.8, 4) is 11.3 Å². The molecular formula is C20H15N3O5. The topological polar surface area (TPSA) is 106 Å². The molecule has 1 saturated carbocycles. The van der Waals surface area contributed by atoms with E-state index >= 15 is 0 Å². The van der Waals surface area contributed by atoms with Gasteiger partial charge in [-0.05, 0) is 36.5 Å². The molecule has 28 heavy (non-hydrogen) atoms. The van der Waals surface area contributed by atoms with Crippen molar-refractivity contribution >= 4 is 23.7 Å². The molecule has 1 aromatic heterocycles. The Bertz CT molecular complexity index is 1040. The molecule has 4 atom stereocenters. The lowest BCUT2D eigenvalue weighted by Gasteiger charge is -2.13. The zero-order chi connectivity index (χ0) is 19.4. The van der Waals surface area contributed by atoms with Crippen molar-refractivity contribution in [2.75, 3.05) is 0 Å². The predicted octanol–water partition coefficient (Wildman–Crippen LogP) is 3.00. The second-order valence-corrected chi connectivity index (χ2v) is 7.21. The second kappa shape index (κ2) is 5.98. The molecule has 140 valence electrons. The quantitative estimate of drug-likeness (QED) is 0.268. The summed E-state index contributed by atoms with van der Waals surface area (Å²) >= 11 is 0. The summed E-state index contributed by atoms with van der Waals surface area (Å²) in [4.78, 5) is 35.9. The van der Waals surface area contributed by atoms with Gasteiger partial charge in [-0.15, -0.1) is 0 Å². The Morgan fingerprint density at radius 3 is 2.43 bits per heavy atom. The van der Waals surface area contributed by atoms with E-state index in [4.69, 9.17) is 4.42 Å². The van der Waals surface area contributed by atoms with Crippen molar-refractivity contribution in [1.82, 2.24) is 5.01 Å². The maximum Gasteiger partial charge on any atom is 0.280 e. The number of hydrazone groups is 1. The number of para-hydroxylation sites is 1. The van der Waals surface area contributed by atoms with Crippen LogP contribution in [0, 0.1) is 33.8 Å². The molecule has 1 aromatic carbocycles. The summed E-state index contributed by atoms with van der Waals surface area (Å²) in [5.74, 6) is -0.292. The molecule has 8 nitrogen and oxygen atoms in total. The minimum absolute atomic E-state index is 0.0685. The fourth-order valence-electron chi connectivity index (χ4n) is 4.52. The first-order valence-electron chi connectivity index (χ1n) is 8.98. The second-order valence-electron chi connectivity index (χ2n) is 7.21. The molecule has 1 saturated heterocycles. The number of nitrogens with zero attached hydrogens (tertiary/aromatic N) is 3. The summed E-state index contributed by atoms with van der Waals surface area (Å²) in [6.07, 6.45) is 6.21. The molecule has 0 radical (unpaired) electrons. The smallest absolute Gasteiger partial charge is 0.280 e. The van der Waals surface area contributed by atoms with Gasteiger partial charge in [0.2, 0.25) is 0 Å². The van der Waals surface area contributed by atoms with Crippen molar-refractivity contribution in [1.29, 1.82) is 0 Å². The number of hydrogen-bond acceptors (Lipinski definition) is 6. The molecule has 2 aliphatic carbocycles. The zero-order valence-corrected chi connectivity index (χ0v) is 14.6. The van der Waals surface area contributed by atoms with Crippen LogP contribution in [-0.2, 0) is 9.59 Å². The SMILES string of the molecule is O=C1C2C3C=CC(C3)C2C(=O)N1/N=C\c1ccc(-c2ccccc2[N+](=O)[O-])o1. The van der Waals surface area contributed by atoms with Crippen LogP contribution < -0.4 is 0 Å². The minimum Gasteiger partial charge on any atom is -0.455 e. The van der Waals surface area contributed by atoms with Crippen LogP contribution in [0.15, 0.2) is 58.1 Å². The van der Waals surface area contributed by atoms with E-state index < -0.39 is 4.92 Å². The number of nitro benzene ring substituents is 1. The van der Waals surface area contributed by atoms with Crippen molar-refractivity contribution in [3.63, 3.8) is 0 Å². The Hall–Kier alpha value is -3.55. The van der Waals surface area contributed by atoms with Gasteiger partial charge in [-0.3, -0.25) is 19.7 Å². The molecule has 8 heteroatoms. The molecule has 2 amide bonds. The maximum atomic E-state index is 12.6. The molecule has 5 rings (SSSR count). The van der Waals surface area contributed by atoms with Gasteiger partial charge < -0.3 is 4.42 Å². The van der Waals surface area contributed by atoms with Crippen molar-refractivity contribution in [2.45, 2.75) is 6.42 Å². The third kappa shape index (κ3) is 2.34. The summed E-state index contributed by atoms with van der Waals surface area (Å²) in [5, 5.41) is 16.2.